The Labute approximate surface area is 118 Å². The summed E-state index contributed by atoms with van der Waals surface area (Å²) in [7, 11) is 0. The highest BCUT2D eigenvalue weighted by Gasteiger charge is 2.12. The molecule has 0 amide bonds. The zero-order valence-corrected chi connectivity index (χ0v) is 11.4. The first-order valence-electron chi connectivity index (χ1n) is 5.18. The largest absolute Gasteiger partial charge is 0.339 e. The molecule has 0 radical (unpaired) electrons. The lowest BCUT2D eigenvalue weighted by atomic mass is 10.3. The topological polar surface area (TPSA) is 61.6 Å². The van der Waals surface area contributed by atoms with Crippen molar-refractivity contribution >= 4 is 34.9 Å². The van der Waals surface area contributed by atoms with Crippen molar-refractivity contribution in [1.82, 2.24) is 9.97 Å². The molecular formula is C12H8ClFN4S. The Bertz CT molecular complexity index is 639. The van der Waals surface area contributed by atoms with E-state index in [1.54, 1.807) is 18.4 Å². The van der Waals surface area contributed by atoms with Gasteiger partial charge in [-0.15, -0.1) is 0 Å². The molecule has 0 fully saturated rings. The van der Waals surface area contributed by atoms with Crippen LogP contribution in [0.3, 0.4) is 0 Å². The highest BCUT2D eigenvalue weighted by atomic mass is 35.5. The molecule has 7 heteroatoms. The summed E-state index contributed by atoms with van der Waals surface area (Å²) >= 11 is 7.23. The average molecular weight is 295 g/mol. The molecule has 0 aliphatic carbocycles. The smallest absolute Gasteiger partial charge is 0.190 e. The monoisotopic (exact) mass is 294 g/mol. The van der Waals surface area contributed by atoms with E-state index in [1.807, 2.05) is 6.07 Å². The van der Waals surface area contributed by atoms with Crippen LogP contribution in [0.1, 0.15) is 5.56 Å². The number of nitriles is 1. The van der Waals surface area contributed by atoms with Crippen LogP contribution in [-0.4, -0.2) is 16.2 Å². The van der Waals surface area contributed by atoms with Crippen LogP contribution in [-0.2, 0) is 0 Å². The maximum Gasteiger partial charge on any atom is 0.190 e. The Hall–Kier alpha value is -1.84. The first kappa shape index (κ1) is 13.6. The van der Waals surface area contributed by atoms with Gasteiger partial charge in [0.15, 0.2) is 16.1 Å². The molecule has 0 unspecified atom stereocenters. The molecule has 0 spiro atoms. The Morgan fingerprint density at radius 2 is 2.00 bits per heavy atom. The molecule has 19 heavy (non-hydrogen) atoms. The Balaban J connectivity index is 2.41. The van der Waals surface area contributed by atoms with E-state index < -0.39 is 0 Å². The first-order chi connectivity index (χ1) is 9.13. The minimum absolute atomic E-state index is 0.0893. The summed E-state index contributed by atoms with van der Waals surface area (Å²) in [6.07, 6.45) is 1.80. The van der Waals surface area contributed by atoms with E-state index in [0.29, 0.717) is 16.7 Å². The summed E-state index contributed by atoms with van der Waals surface area (Å²) in [5.74, 6) is -0.0324. The van der Waals surface area contributed by atoms with Crippen LogP contribution >= 0.6 is 23.4 Å². The maximum atomic E-state index is 12.8. The fraction of sp³-hybridized carbons (Fsp3) is 0.0833. The second kappa shape index (κ2) is 5.87. The van der Waals surface area contributed by atoms with E-state index in [9.17, 15) is 4.39 Å². The summed E-state index contributed by atoms with van der Waals surface area (Å²) in [5.41, 5.74) is 0.767. The molecule has 2 rings (SSSR count). The fourth-order valence-corrected chi connectivity index (χ4v) is 1.99. The molecule has 96 valence electrons. The van der Waals surface area contributed by atoms with Gasteiger partial charge in [0.2, 0.25) is 0 Å². The minimum atomic E-state index is -0.337. The van der Waals surface area contributed by atoms with Gasteiger partial charge in [0.1, 0.15) is 17.4 Å². The van der Waals surface area contributed by atoms with E-state index in [2.05, 4.69) is 15.3 Å². The molecule has 1 heterocycles. The zero-order valence-electron chi connectivity index (χ0n) is 9.82. The molecule has 0 saturated carbocycles. The van der Waals surface area contributed by atoms with Crippen molar-refractivity contribution in [3.05, 3.63) is 40.8 Å². The number of anilines is 2. The number of nitrogens with one attached hydrogen (secondary N) is 1. The number of thioether (sulfide) groups is 1. The van der Waals surface area contributed by atoms with Gasteiger partial charge < -0.3 is 5.32 Å². The molecule has 1 aromatic heterocycles. The van der Waals surface area contributed by atoms with E-state index in [-0.39, 0.29) is 16.5 Å². The van der Waals surface area contributed by atoms with Gasteiger partial charge in [0.05, 0.1) is 0 Å². The van der Waals surface area contributed by atoms with Crippen LogP contribution in [0.4, 0.5) is 15.9 Å². The van der Waals surface area contributed by atoms with E-state index in [1.165, 1.54) is 23.9 Å². The standard InChI is InChI=1S/C12H8ClFN4S/c1-19-12-17-10(13)9(6-15)11(18-12)16-8-4-2-7(14)3-5-8/h2-5H,1H3,(H,16,17,18). The summed E-state index contributed by atoms with van der Waals surface area (Å²) in [5, 5.41) is 12.5. The summed E-state index contributed by atoms with van der Waals surface area (Å²) in [6, 6.07) is 7.66. The van der Waals surface area contributed by atoms with Crippen molar-refractivity contribution in [1.29, 1.82) is 5.26 Å². The highest BCUT2D eigenvalue weighted by Crippen LogP contribution is 2.26. The number of benzene rings is 1. The predicted molar refractivity (Wildman–Crippen MR) is 73.2 cm³/mol. The number of nitrogens with zero attached hydrogens (tertiary/aromatic N) is 3. The summed E-state index contributed by atoms with van der Waals surface area (Å²) in [6.45, 7) is 0. The summed E-state index contributed by atoms with van der Waals surface area (Å²) < 4.78 is 12.8. The van der Waals surface area contributed by atoms with E-state index in [0.717, 1.165) is 0 Å². The third-order valence-electron chi connectivity index (χ3n) is 2.25. The van der Waals surface area contributed by atoms with Gasteiger partial charge in [0, 0.05) is 5.69 Å². The van der Waals surface area contributed by atoms with Gasteiger partial charge in [-0.2, -0.15) is 5.26 Å². The molecule has 4 nitrogen and oxygen atoms in total. The molecule has 0 aliphatic rings. The summed E-state index contributed by atoms with van der Waals surface area (Å²) in [4.78, 5) is 8.15. The van der Waals surface area contributed by atoms with Gasteiger partial charge in [-0.05, 0) is 30.5 Å². The molecule has 0 atom stereocenters. The Kier molecular flexibility index (Phi) is 4.20. The molecule has 1 aromatic carbocycles. The minimum Gasteiger partial charge on any atom is -0.339 e. The number of aromatic nitrogens is 2. The van der Waals surface area contributed by atoms with Gasteiger partial charge in [-0.25, -0.2) is 14.4 Å². The molecule has 2 aromatic rings. The SMILES string of the molecule is CSc1nc(Cl)c(C#N)c(Nc2ccc(F)cc2)n1. The highest BCUT2D eigenvalue weighted by molar-refractivity contribution is 7.98. The molecule has 0 aliphatic heterocycles. The quantitative estimate of drug-likeness (QED) is 0.532. The fourth-order valence-electron chi connectivity index (χ4n) is 1.36. The Morgan fingerprint density at radius 3 is 2.58 bits per heavy atom. The normalized spacial score (nSPS) is 10.0. The van der Waals surface area contributed by atoms with E-state index in [4.69, 9.17) is 16.9 Å². The van der Waals surface area contributed by atoms with Crippen molar-refractivity contribution in [2.45, 2.75) is 5.16 Å². The van der Waals surface area contributed by atoms with Gasteiger partial charge in [-0.3, -0.25) is 0 Å². The molecule has 0 bridgehead atoms. The van der Waals surface area contributed by atoms with Crippen LogP contribution in [0.15, 0.2) is 29.4 Å². The number of halogens is 2. The Morgan fingerprint density at radius 1 is 1.32 bits per heavy atom. The second-order valence-electron chi connectivity index (χ2n) is 3.47. The predicted octanol–water partition coefficient (Wildman–Crippen LogP) is 3.61. The zero-order chi connectivity index (χ0) is 13.8. The molecule has 1 N–H and O–H groups in total. The third kappa shape index (κ3) is 3.13. The van der Waals surface area contributed by atoms with Gasteiger partial charge in [0.25, 0.3) is 0 Å². The number of rotatable bonds is 3. The first-order valence-corrected chi connectivity index (χ1v) is 6.78. The van der Waals surface area contributed by atoms with Gasteiger partial charge in [-0.1, -0.05) is 23.4 Å². The van der Waals surface area contributed by atoms with Crippen molar-refractivity contribution in [3.63, 3.8) is 0 Å². The number of hydrogen-bond donors (Lipinski definition) is 1. The third-order valence-corrected chi connectivity index (χ3v) is 3.07. The van der Waals surface area contributed by atoms with Gasteiger partial charge >= 0.3 is 0 Å². The van der Waals surface area contributed by atoms with Crippen LogP contribution in [0.5, 0.6) is 0 Å². The lowest BCUT2D eigenvalue weighted by Gasteiger charge is -2.09. The van der Waals surface area contributed by atoms with Crippen molar-refractivity contribution < 1.29 is 4.39 Å². The molecular weight excluding hydrogens is 287 g/mol. The van der Waals surface area contributed by atoms with Crippen molar-refractivity contribution in [2.75, 3.05) is 11.6 Å². The number of hydrogen-bond acceptors (Lipinski definition) is 5. The van der Waals surface area contributed by atoms with Crippen LogP contribution < -0.4 is 5.32 Å². The average Bonchev–Trinajstić information content (AvgIpc) is 2.41. The van der Waals surface area contributed by atoms with Crippen LogP contribution in [0, 0.1) is 17.1 Å². The van der Waals surface area contributed by atoms with Crippen molar-refractivity contribution in [3.8, 4) is 6.07 Å². The second-order valence-corrected chi connectivity index (χ2v) is 4.60. The maximum absolute atomic E-state index is 12.8. The lowest BCUT2D eigenvalue weighted by Crippen LogP contribution is -2.01. The molecule has 0 saturated heterocycles. The van der Waals surface area contributed by atoms with Crippen LogP contribution in [0.2, 0.25) is 5.15 Å². The lowest BCUT2D eigenvalue weighted by molar-refractivity contribution is 0.628. The van der Waals surface area contributed by atoms with Crippen molar-refractivity contribution in [2.24, 2.45) is 0 Å². The van der Waals surface area contributed by atoms with E-state index >= 15 is 0 Å². The van der Waals surface area contributed by atoms with Crippen LogP contribution in [0.25, 0.3) is 0 Å².